The third-order valence-electron chi connectivity index (χ3n) is 4.45. The number of hydrogen-bond acceptors (Lipinski definition) is 3. The number of nitrogens with one attached hydrogen (secondary N) is 2. The molecule has 1 aromatic carbocycles. The van der Waals surface area contributed by atoms with Gasteiger partial charge < -0.3 is 9.64 Å². The maximum absolute atomic E-state index is 12.5. The van der Waals surface area contributed by atoms with Crippen molar-refractivity contribution >= 4 is 11.9 Å². The van der Waals surface area contributed by atoms with E-state index in [1.165, 1.54) is 0 Å². The van der Waals surface area contributed by atoms with E-state index in [9.17, 15) is 4.79 Å². The summed E-state index contributed by atoms with van der Waals surface area (Å²) in [4.78, 5) is 18.8. The van der Waals surface area contributed by atoms with Crippen LogP contribution in [0.5, 0.6) is 0 Å². The van der Waals surface area contributed by atoms with Crippen molar-refractivity contribution in [1.82, 2.24) is 5.32 Å². The second-order valence-electron chi connectivity index (χ2n) is 7.07. The second-order valence-corrected chi connectivity index (χ2v) is 7.07. The van der Waals surface area contributed by atoms with Crippen LogP contribution in [0.3, 0.4) is 0 Å². The van der Waals surface area contributed by atoms with Gasteiger partial charge in [-0.05, 0) is 66.0 Å². The van der Waals surface area contributed by atoms with Gasteiger partial charge in [-0.25, -0.2) is 4.99 Å². The number of rotatable bonds is 9. The van der Waals surface area contributed by atoms with Crippen LogP contribution in [0.2, 0.25) is 0 Å². The molecule has 1 amide bonds. The highest BCUT2D eigenvalue weighted by Crippen LogP contribution is 2.07. The Labute approximate surface area is 158 Å². The van der Waals surface area contributed by atoms with Crippen molar-refractivity contribution in [2.45, 2.75) is 66.5 Å². The molecule has 5 heteroatoms. The molecular formula is C21H36N3O2+. The minimum absolute atomic E-state index is 0.0433. The number of nitrogens with zero attached hydrogens (tertiary/aromatic N) is 1. The van der Waals surface area contributed by atoms with E-state index >= 15 is 0 Å². The van der Waals surface area contributed by atoms with Gasteiger partial charge in [0.05, 0.1) is 31.8 Å². The number of quaternary nitrogens is 1. The fraction of sp³-hybridized carbons (Fsp3) is 0.619. The molecule has 0 aliphatic rings. The van der Waals surface area contributed by atoms with Crippen LogP contribution < -0.4 is 10.2 Å². The molecule has 0 aromatic heterocycles. The van der Waals surface area contributed by atoms with Crippen LogP contribution in [0.4, 0.5) is 0 Å². The molecule has 0 saturated heterocycles. The molecule has 0 bridgehead atoms. The fourth-order valence-electron chi connectivity index (χ4n) is 2.82. The lowest BCUT2D eigenvalue weighted by Crippen LogP contribution is -3.11. The molecule has 0 aliphatic carbocycles. The van der Waals surface area contributed by atoms with E-state index in [1.54, 1.807) is 4.90 Å². The van der Waals surface area contributed by atoms with Crippen LogP contribution in [-0.4, -0.2) is 43.7 Å². The van der Waals surface area contributed by atoms with E-state index < -0.39 is 0 Å². The number of carbonyl (C=O) groups excluding carboxylic acids is 1. The zero-order chi connectivity index (χ0) is 19.5. The average molecular weight is 363 g/mol. The molecular weight excluding hydrogens is 326 g/mol. The molecule has 0 radical (unpaired) electrons. The molecule has 146 valence electrons. The topological polar surface area (TPSA) is 55.1 Å². The Morgan fingerprint density at radius 3 is 2.42 bits per heavy atom. The first-order chi connectivity index (χ1) is 12.4. The summed E-state index contributed by atoms with van der Waals surface area (Å²) in [6.45, 7) is 15.8. The molecule has 0 fully saturated rings. The number of aryl methyl sites for hydroxylation is 1. The zero-order valence-corrected chi connectivity index (χ0v) is 17.3. The van der Waals surface area contributed by atoms with Crippen molar-refractivity contribution in [1.29, 1.82) is 0 Å². The summed E-state index contributed by atoms with van der Waals surface area (Å²) in [5.41, 5.74) is 1.58. The Kier molecular flexibility index (Phi) is 9.96. The minimum Gasteiger partial charge on any atom is -0.462 e. The van der Waals surface area contributed by atoms with Gasteiger partial charge in [0.1, 0.15) is 0 Å². The average Bonchev–Trinajstić information content (AvgIpc) is 2.58. The summed E-state index contributed by atoms with van der Waals surface area (Å²) >= 11 is 0. The molecule has 26 heavy (non-hydrogen) atoms. The van der Waals surface area contributed by atoms with Crippen LogP contribution in [0.25, 0.3) is 0 Å². The van der Waals surface area contributed by atoms with Crippen molar-refractivity contribution in [3.05, 3.63) is 35.4 Å². The number of ether oxygens (including phenoxy) is 1. The largest absolute Gasteiger partial charge is 0.462 e. The maximum Gasteiger partial charge on any atom is 0.292 e. The Hall–Kier alpha value is -1.88. The molecule has 0 spiro atoms. The zero-order valence-electron chi connectivity index (χ0n) is 17.3. The summed E-state index contributed by atoms with van der Waals surface area (Å²) in [5, 5.41) is 2.84. The first-order valence-corrected chi connectivity index (χ1v) is 9.82. The summed E-state index contributed by atoms with van der Waals surface area (Å²) in [6, 6.07) is 7.94. The van der Waals surface area contributed by atoms with Crippen molar-refractivity contribution in [3.8, 4) is 0 Å². The Morgan fingerprint density at radius 1 is 1.19 bits per heavy atom. The van der Waals surface area contributed by atoms with Gasteiger partial charge >= 0.3 is 0 Å². The van der Waals surface area contributed by atoms with Gasteiger partial charge in [0.25, 0.3) is 11.9 Å². The van der Waals surface area contributed by atoms with Crippen molar-refractivity contribution < 1.29 is 14.4 Å². The van der Waals surface area contributed by atoms with Crippen molar-refractivity contribution in [2.24, 2.45) is 4.99 Å². The highest BCUT2D eigenvalue weighted by atomic mass is 16.5. The highest BCUT2D eigenvalue weighted by Gasteiger charge is 2.14. The van der Waals surface area contributed by atoms with Gasteiger partial charge in [0.15, 0.2) is 0 Å². The number of aliphatic imine (C=N–C) groups is 1. The predicted octanol–water partition coefficient (Wildman–Crippen LogP) is 2.60. The third-order valence-corrected chi connectivity index (χ3v) is 4.45. The second kappa shape index (κ2) is 11.7. The number of hydrogen-bond donors (Lipinski definition) is 2. The smallest absolute Gasteiger partial charge is 0.292 e. The first kappa shape index (κ1) is 22.2. The van der Waals surface area contributed by atoms with E-state index in [0.29, 0.717) is 11.6 Å². The lowest BCUT2D eigenvalue weighted by atomic mass is 10.1. The van der Waals surface area contributed by atoms with Crippen LogP contribution in [0.1, 0.15) is 63.4 Å². The van der Waals surface area contributed by atoms with Crippen LogP contribution in [0, 0.1) is 6.92 Å². The molecule has 0 unspecified atom stereocenters. The van der Waals surface area contributed by atoms with E-state index in [2.05, 4.69) is 31.1 Å². The molecule has 0 aliphatic heterocycles. The molecule has 1 atom stereocenters. The lowest BCUT2D eigenvalue weighted by Gasteiger charge is -2.18. The Bertz CT molecular complexity index is 580. The number of carbonyl (C=O) groups is 1. The number of benzene rings is 1. The summed E-state index contributed by atoms with van der Waals surface area (Å²) in [6.07, 6.45) is 2.05. The molecule has 5 nitrogen and oxygen atoms in total. The Balaban J connectivity index is 2.71. The first-order valence-electron chi connectivity index (χ1n) is 9.82. The predicted molar refractivity (Wildman–Crippen MR) is 108 cm³/mol. The van der Waals surface area contributed by atoms with Gasteiger partial charge in [0.2, 0.25) is 0 Å². The van der Waals surface area contributed by atoms with Gasteiger partial charge in [-0.3, -0.25) is 10.1 Å². The van der Waals surface area contributed by atoms with Crippen LogP contribution in [0.15, 0.2) is 29.3 Å². The highest BCUT2D eigenvalue weighted by molar-refractivity contribution is 6.05. The molecule has 0 heterocycles. The van der Waals surface area contributed by atoms with Gasteiger partial charge in [-0.1, -0.05) is 18.2 Å². The van der Waals surface area contributed by atoms with Crippen molar-refractivity contribution in [2.75, 3.05) is 19.6 Å². The lowest BCUT2D eigenvalue weighted by molar-refractivity contribution is -0.896. The van der Waals surface area contributed by atoms with E-state index in [1.807, 2.05) is 45.0 Å². The van der Waals surface area contributed by atoms with Gasteiger partial charge in [-0.15, -0.1) is 0 Å². The monoisotopic (exact) mass is 362 g/mol. The third kappa shape index (κ3) is 8.00. The molecule has 1 rings (SSSR count). The van der Waals surface area contributed by atoms with Crippen molar-refractivity contribution in [3.63, 3.8) is 0 Å². The SMILES string of the molecule is CC[NH+](CC)CCC[C@@H](C)N=C(NC(=O)c1ccccc1C)OC(C)C. The van der Waals surface area contributed by atoms with E-state index in [-0.39, 0.29) is 18.1 Å². The number of amidine groups is 1. The molecule has 0 saturated carbocycles. The Morgan fingerprint density at radius 2 is 1.85 bits per heavy atom. The standard InChI is InChI=1S/C21H35N3O2/c1-7-24(8-2)15-11-13-18(6)22-21(26-16(3)4)23-20(25)19-14-10-9-12-17(19)5/h9-10,12,14,16,18H,7-8,11,13,15H2,1-6H3,(H,22,23,25)/p+1/t18-/m1/s1. The van der Waals surface area contributed by atoms with Crippen LogP contribution in [-0.2, 0) is 4.74 Å². The van der Waals surface area contributed by atoms with E-state index in [0.717, 1.165) is 38.0 Å². The summed E-state index contributed by atoms with van der Waals surface area (Å²) in [7, 11) is 0. The maximum atomic E-state index is 12.5. The van der Waals surface area contributed by atoms with Gasteiger partial charge in [0, 0.05) is 5.56 Å². The van der Waals surface area contributed by atoms with Gasteiger partial charge in [-0.2, -0.15) is 0 Å². The normalized spacial score (nSPS) is 13.2. The molecule has 1 aromatic rings. The summed E-state index contributed by atoms with van der Waals surface area (Å²) in [5.74, 6) is -0.178. The summed E-state index contributed by atoms with van der Waals surface area (Å²) < 4.78 is 5.74. The fourth-order valence-corrected chi connectivity index (χ4v) is 2.82. The minimum atomic E-state index is -0.178. The number of amides is 1. The van der Waals surface area contributed by atoms with E-state index in [4.69, 9.17) is 4.74 Å². The van der Waals surface area contributed by atoms with Crippen LogP contribution >= 0.6 is 0 Å². The quantitative estimate of drug-likeness (QED) is 0.524. The molecule has 2 N–H and O–H groups in total.